The van der Waals surface area contributed by atoms with Crippen molar-refractivity contribution in [2.24, 2.45) is 0 Å². The second-order valence-corrected chi connectivity index (χ2v) is 3.34. The number of hydrogen-bond acceptors (Lipinski definition) is 2. The van der Waals surface area contributed by atoms with Crippen molar-refractivity contribution >= 4 is 5.78 Å². The number of rotatable bonds is 1. The van der Waals surface area contributed by atoms with E-state index in [-0.39, 0.29) is 11.3 Å². The Labute approximate surface area is 76.0 Å². The number of hydrogen-bond donors (Lipinski definition) is 0. The molecular formula is C10H11NO2. The highest BCUT2D eigenvalue weighted by atomic mass is 16.1. The lowest BCUT2D eigenvalue weighted by molar-refractivity contribution is 0.101. The van der Waals surface area contributed by atoms with Crippen LogP contribution in [0, 0.1) is 0 Å². The molecule has 0 aromatic carbocycles. The summed E-state index contributed by atoms with van der Waals surface area (Å²) in [6.07, 6.45) is 1.82. The zero-order chi connectivity index (χ0) is 9.42. The van der Waals surface area contributed by atoms with Gasteiger partial charge >= 0.3 is 0 Å². The van der Waals surface area contributed by atoms with Crippen molar-refractivity contribution in [1.29, 1.82) is 0 Å². The van der Waals surface area contributed by atoms with Crippen LogP contribution < -0.4 is 5.56 Å². The molecule has 1 aromatic rings. The number of carbonyl (C=O) groups is 1. The first-order chi connectivity index (χ1) is 6.20. The maximum atomic E-state index is 11.3. The zero-order valence-corrected chi connectivity index (χ0v) is 7.54. The van der Waals surface area contributed by atoms with Crippen LogP contribution in [0.5, 0.6) is 0 Å². The molecule has 0 bridgehead atoms. The Morgan fingerprint density at radius 3 is 2.92 bits per heavy atom. The molecule has 3 heteroatoms. The summed E-state index contributed by atoms with van der Waals surface area (Å²) in [6.45, 7) is 2.30. The molecule has 0 aliphatic carbocycles. The molecule has 3 nitrogen and oxygen atoms in total. The summed E-state index contributed by atoms with van der Waals surface area (Å²) in [6, 6.07) is 3.12. The highest BCUT2D eigenvalue weighted by molar-refractivity contribution is 5.95. The van der Waals surface area contributed by atoms with Gasteiger partial charge in [-0.05, 0) is 25.8 Å². The lowest BCUT2D eigenvalue weighted by Gasteiger charge is -2.05. The predicted octanol–water partition coefficient (Wildman–Crippen LogP) is 0.997. The Morgan fingerprint density at radius 1 is 1.46 bits per heavy atom. The highest BCUT2D eigenvalue weighted by Crippen LogP contribution is 2.16. The van der Waals surface area contributed by atoms with Crippen LogP contribution in [-0.4, -0.2) is 10.4 Å². The van der Waals surface area contributed by atoms with Crippen LogP contribution in [0.15, 0.2) is 16.9 Å². The van der Waals surface area contributed by atoms with E-state index in [4.69, 9.17) is 0 Å². The SMILES string of the molecule is CC(=O)c1ccc(=O)n2c1CCC2. The van der Waals surface area contributed by atoms with E-state index in [0.29, 0.717) is 5.56 Å². The number of aromatic nitrogens is 1. The minimum absolute atomic E-state index is 0.0116. The molecule has 0 fully saturated rings. The van der Waals surface area contributed by atoms with Gasteiger partial charge in [-0.25, -0.2) is 0 Å². The molecule has 0 unspecified atom stereocenters. The van der Waals surface area contributed by atoms with E-state index >= 15 is 0 Å². The minimum atomic E-state index is 0.0116. The molecule has 1 aliphatic rings. The van der Waals surface area contributed by atoms with Crippen molar-refractivity contribution in [2.75, 3.05) is 0 Å². The van der Waals surface area contributed by atoms with Crippen LogP contribution in [0.1, 0.15) is 29.4 Å². The fourth-order valence-electron chi connectivity index (χ4n) is 1.86. The summed E-state index contributed by atoms with van der Waals surface area (Å²) in [5.74, 6) is 0.0469. The van der Waals surface area contributed by atoms with Gasteiger partial charge in [0.2, 0.25) is 0 Å². The zero-order valence-electron chi connectivity index (χ0n) is 7.54. The number of nitrogens with zero attached hydrogens (tertiary/aromatic N) is 1. The van der Waals surface area contributed by atoms with E-state index < -0.39 is 0 Å². The predicted molar refractivity (Wildman–Crippen MR) is 49.0 cm³/mol. The van der Waals surface area contributed by atoms with E-state index in [1.54, 1.807) is 17.6 Å². The number of Topliss-reactive ketones (excluding diaryl/α,β-unsaturated/α-hetero) is 1. The van der Waals surface area contributed by atoms with E-state index in [1.807, 2.05) is 0 Å². The summed E-state index contributed by atoms with van der Waals surface area (Å²) >= 11 is 0. The molecule has 2 heterocycles. The average Bonchev–Trinajstić information content (AvgIpc) is 2.53. The summed E-state index contributed by atoms with van der Waals surface area (Å²) in [4.78, 5) is 22.5. The number of ketones is 1. The number of fused-ring (bicyclic) bond motifs is 1. The third-order valence-electron chi connectivity index (χ3n) is 2.47. The van der Waals surface area contributed by atoms with Crippen molar-refractivity contribution < 1.29 is 4.79 Å². The van der Waals surface area contributed by atoms with Gasteiger partial charge in [-0.2, -0.15) is 0 Å². The summed E-state index contributed by atoms with van der Waals surface area (Å²) in [5, 5.41) is 0. The van der Waals surface area contributed by atoms with E-state index in [1.165, 1.54) is 6.07 Å². The molecule has 0 N–H and O–H groups in total. The van der Waals surface area contributed by atoms with Crippen LogP contribution in [-0.2, 0) is 13.0 Å². The fourth-order valence-corrected chi connectivity index (χ4v) is 1.86. The normalized spacial score (nSPS) is 14.2. The third-order valence-corrected chi connectivity index (χ3v) is 2.47. The Kier molecular flexibility index (Phi) is 1.79. The molecule has 13 heavy (non-hydrogen) atoms. The van der Waals surface area contributed by atoms with Crippen molar-refractivity contribution in [3.05, 3.63) is 33.7 Å². The average molecular weight is 177 g/mol. The molecule has 1 aromatic heterocycles. The molecule has 2 rings (SSSR count). The Morgan fingerprint density at radius 2 is 2.23 bits per heavy atom. The first-order valence-electron chi connectivity index (χ1n) is 4.44. The molecule has 0 radical (unpaired) electrons. The van der Waals surface area contributed by atoms with Gasteiger partial charge in [-0.3, -0.25) is 9.59 Å². The van der Waals surface area contributed by atoms with Crippen molar-refractivity contribution in [3.8, 4) is 0 Å². The van der Waals surface area contributed by atoms with E-state index in [2.05, 4.69) is 0 Å². The standard InChI is InChI=1S/C10H11NO2/c1-7(12)8-4-5-10(13)11-6-2-3-9(8)11/h4-5H,2-3,6H2,1H3. The van der Waals surface area contributed by atoms with Crippen LogP contribution in [0.3, 0.4) is 0 Å². The van der Waals surface area contributed by atoms with E-state index in [9.17, 15) is 9.59 Å². The van der Waals surface area contributed by atoms with Gasteiger partial charge in [0.1, 0.15) is 0 Å². The second kappa shape index (κ2) is 2.83. The van der Waals surface area contributed by atoms with Gasteiger partial charge in [0, 0.05) is 23.9 Å². The Balaban J connectivity index is 2.69. The van der Waals surface area contributed by atoms with Crippen molar-refractivity contribution in [1.82, 2.24) is 4.57 Å². The van der Waals surface area contributed by atoms with Gasteiger partial charge in [0.15, 0.2) is 5.78 Å². The maximum absolute atomic E-state index is 11.3. The molecule has 1 aliphatic heterocycles. The van der Waals surface area contributed by atoms with Gasteiger partial charge < -0.3 is 4.57 Å². The van der Waals surface area contributed by atoms with Gasteiger partial charge in [-0.1, -0.05) is 0 Å². The first kappa shape index (κ1) is 8.23. The number of pyridine rings is 1. The van der Waals surface area contributed by atoms with Gasteiger partial charge in [0.05, 0.1) is 0 Å². The van der Waals surface area contributed by atoms with Gasteiger partial charge in [-0.15, -0.1) is 0 Å². The summed E-state index contributed by atoms with van der Waals surface area (Å²) in [7, 11) is 0. The number of carbonyl (C=O) groups excluding carboxylic acids is 1. The first-order valence-corrected chi connectivity index (χ1v) is 4.44. The summed E-state index contributed by atoms with van der Waals surface area (Å²) in [5.41, 5.74) is 1.63. The molecule has 0 saturated carbocycles. The van der Waals surface area contributed by atoms with Crippen LogP contribution in [0.2, 0.25) is 0 Å². The second-order valence-electron chi connectivity index (χ2n) is 3.34. The lowest BCUT2D eigenvalue weighted by atomic mass is 10.1. The smallest absolute Gasteiger partial charge is 0.250 e. The molecule has 0 atom stereocenters. The monoisotopic (exact) mass is 177 g/mol. The van der Waals surface area contributed by atoms with Crippen LogP contribution in [0.4, 0.5) is 0 Å². The Hall–Kier alpha value is -1.38. The quantitative estimate of drug-likeness (QED) is 0.600. The molecule has 68 valence electrons. The summed E-state index contributed by atoms with van der Waals surface area (Å²) < 4.78 is 1.71. The third kappa shape index (κ3) is 1.20. The largest absolute Gasteiger partial charge is 0.312 e. The minimum Gasteiger partial charge on any atom is -0.312 e. The fraction of sp³-hybridized carbons (Fsp3) is 0.400. The lowest BCUT2D eigenvalue weighted by Crippen LogP contribution is -2.20. The van der Waals surface area contributed by atoms with Crippen LogP contribution >= 0.6 is 0 Å². The molecule has 0 spiro atoms. The van der Waals surface area contributed by atoms with Crippen molar-refractivity contribution in [2.45, 2.75) is 26.3 Å². The molecular weight excluding hydrogens is 166 g/mol. The highest BCUT2D eigenvalue weighted by Gasteiger charge is 2.17. The topological polar surface area (TPSA) is 39.1 Å². The van der Waals surface area contributed by atoms with E-state index in [0.717, 1.165) is 25.1 Å². The molecule has 0 amide bonds. The maximum Gasteiger partial charge on any atom is 0.250 e. The van der Waals surface area contributed by atoms with Crippen molar-refractivity contribution in [3.63, 3.8) is 0 Å². The molecule has 0 saturated heterocycles. The Bertz CT molecular complexity index is 417. The van der Waals surface area contributed by atoms with Crippen LogP contribution in [0.25, 0.3) is 0 Å². The van der Waals surface area contributed by atoms with Gasteiger partial charge in [0.25, 0.3) is 5.56 Å².